The minimum atomic E-state index is -0.223. The van der Waals surface area contributed by atoms with Gasteiger partial charge < -0.3 is 20.1 Å². The van der Waals surface area contributed by atoms with Crippen LogP contribution in [0.15, 0.2) is 47.5 Å². The second-order valence-corrected chi connectivity index (χ2v) is 5.30. The number of methoxy groups -OCH3 is 1. The maximum Gasteiger partial charge on any atom is 0.195 e. The summed E-state index contributed by atoms with van der Waals surface area (Å²) in [7, 11) is 3.32. The Morgan fingerprint density at radius 3 is 2.52 bits per heavy atom. The van der Waals surface area contributed by atoms with Gasteiger partial charge in [0.1, 0.15) is 5.82 Å². The van der Waals surface area contributed by atoms with E-state index < -0.39 is 0 Å². The second kappa shape index (κ2) is 9.52. The normalized spacial score (nSPS) is 11.1. The van der Waals surface area contributed by atoms with Crippen LogP contribution in [0.5, 0.6) is 11.5 Å². The molecule has 0 aromatic heterocycles. The molecular weight excluding hydrogens is 321 g/mol. The summed E-state index contributed by atoms with van der Waals surface area (Å²) in [5.41, 5.74) is 1.90. The summed E-state index contributed by atoms with van der Waals surface area (Å²) in [6.45, 7) is 3.19. The van der Waals surface area contributed by atoms with Gasteiger partial charge in [-0.15, -0.1) is 0 Å². The monoisotopic (exact) mass is 345 g/mol. The quantitative estimate of drug-likeness (QED) is 0.596. The number of nitrogens with one attached hydrogen (secondary N) is 2. The number of aliphatic imine (C=N–C) groups is 1. The Bertz CT molecular complexity index is 702. The molecular formula is C19H24FN3O2. The molecule has 2 aromatic carbocycles. The lowest BCUT2D eigenvalue weighted by Gasteiger charge is -2.14. The van der Waals surface area contributed by atoms with Gasteiger partial charge in [-0.3, -0.25) is 4.99 Å². The van der Waals surface area contributed by atoms with E-state index in [0.717, 1.165) is 17.7 Å². The summed E-state index contributed by atoms with van der Waals surface area (Å²) in [4.78, 5) is 4.21. The summed E-state index contributed by atoms with van der Waals surface area (Å²) in [6.07, 6.45) is 0.771. The molecule has 0 amide bonds. The summed E-state index contributed by atoms with van der Waals surface area (Å²) >= 11 is 0. The molecule has 134 valence electrons. The van der Waals surface area contributed by atoms with Crippen molar-refractivity contribution in [3.05, 3.63) is 53.8 Å². The Labute approximate surface area is 147 Å². The van der Waals surface area contributed by atoms with Crippen molar-refractivity contribution in [1.29, 1.82) is 0 Å². The second-order valence-electron chi connectivity index (χ2n) is 5.30. The fourth-order valence-electron chi connectivity index (χ4n) is 2.31. The van der Waals surface area contributed by atoms with Crippen molar-refractivity contribution in [3.63, 3.8) is 0 Å². The molecule has 0 saturated carbocycles. The molecule has 0 heterocycles. The van der Waals surface area contributed by atoms with Gasteiger partial charge >= 0.3 is 0 Å². The van der Waals surface area contributed by atoms with E-state index in [4.69, 9.17) is 9.47 Å². The predicted octanol–water partition coefficient (Wildman–Crippen LogP) is 3.46. The van der Waals surface area contributed by atoms with Gasteiger partial charge in [0.05, 0.1) is 13.7 Å². The van der Waals surface area contributed by atoms with Crippen molar-refractivity contribution in [3.8, 4) is 11.5 Å². The first-order valence-corrected chi connectivity index (χ1v) is 8.19. The van der Waals surface area contributed by atoms with Crippen molar-refractivity contribution in [1.82, 2.24) is 5.32 Å². The van der Waals surface area contributed by atoms with Crippen LogP contribution in [-0.4, -0.2) is 33.3 Å². The van der Waals surface area contributed by atoms with Crippen molar-refractivity contribution in [2.24, 2.45) is 4.99 Å². The zero-order valence-electron chi connectivity index (χ0n) is 14.8. The minimum absolute atomic E-state index is 0.223. The Morgan fingerprint density at radius 1 is 1.12 bits per heavy atom. The van der Waals surface area contributed by atoms with E-state index in [1.165, 1.54) is 12.1 Å². The first-order chi connectivity index (χ1) is 12.2. The summed E-state index contributed by atoms with van der Waals surface area (Å²) in [6, 6.07) is 12.1. The van der Waals surface area contributed by atoms with E-state index in [2.05, 4.69) is 15.6 Å². The molecule has 0 spiro atoms. The first kappa shape index (κ1) is 18.6. The first-order valence-electron chi connectivity index (χ1n) is 8.19. The SMILES string of the molecule is CCOc1ccc(NC(=NC)NCCc2ccc(F)cc2)cc1OC. The maximum atomic E-state index is 12.9. The van der Waals surface area contributed by atoms with E-state index in [1.807, 2.05) is 25.1 Å². The molecule has 0 aliphatic carbocycles. The molecule has 0 atom stereocenters. The largest absolute Gasteiger partial charge is 0.493 e. The summed E-state index contributed by atoms with van der Waals surface area (Å²) in [5, 5.41) is 6.44. The Hall–Kier alpha value is -2.76. The van der Waals surface area contributed by atoms with Crippen molar-refractivity contribution >= 4 is 11.6 Å². The molecule has 0 aliphatic heterocycles. The third-order valence-corrected chi connectivity index (χ3v) is 3.57. The Kier molecular flexibility index (Phi) is 7.07. The molecule has 0 fully saturated rings. The molecule has 6 heteroatoms. The van der Waals surface area contributed by atoms with Crippen LogP contribution in [0.1, 0.15) is 12.5 Å². The van der Waals surface area contributed by atoms with Crippen molar-refractivity contribution < 1.29 is 13.9 Å². The number of anilines is 1. The zero-order valence-corrected chi connectivity index (χ0v) is 14.8. The van der Waals surface area contributed by atoms with E-state index in [-0.39, 0.29) is 5.82 Å². The van der Waals surface area contributed by atoms with Gasteiger partial charge in [-0.05, 0) is 43.2 Å². The lowest BCUT2D eigenvalue weighted by molar-refractivity contribution is 0.311. The van der Waals surface area contributed by atoms with Crippen LogP contribution < -0.4 is 20.1 Å². The van der Waals surface area contributed by atoms with Gasteiger partial charge in [0.15, 0.2) is 17.5 Å². The van der Waals surface area contributed by atoms with Crippen LogP contribution in [0.4, 0.5) is 10.1 Å². The molecule has 5 nitrogen and oxygen atoms in total. The molecule has 2 aromatic rings. The van der Waals surface area contributed by atoms with E-state index in [0.29, 0.717) is 30.6 Å². The predicted molar refractivity (Wildman–Crippen MR) is 99.3 cm³/mol. The number of halogens is 1. The molecule has 25 heavy (non-hydrogen) atoms. The molecule has 0 saturated heterocycles. The molecule has 0 unspecified atom stereocenters. The van der Waals surface area contributed by atoms with Gasteiger partial charge in [0.2, 0.25) is 0 Å². The van der Waals surface area contributed by atoms with Gasteiger partial charge in [0, 0.05) is 25.3 Å². The average molecular weight is 345 g/mol. The van der Waals surface area contributed by atoms with Crippen molar-refractivity contribution in [2.75, 3.05) is 32.6 Å². The molecule has 0 aliphatic rings. The van der Waals surface area contributed by atoms with E-state index >= 15 is 0 Å². The summed E-state index contributed by atoms with van der Waals surface area (Å²) in [5.74, 6) is 1.79. The number of guanidine groups is 1. The van der Waals surface area contributed by atoms with Gasteiger partial charge in [-0.1, -0.05) is 12.1 Å². The van der Waals surface area contributed by atoms with Gasteiger partial charge in [0.25, 0.3) is 0 Å². The molecule has 0 bridgehead atoms. The Balaban J connectivity index is 1.92. The smallest absolute Gasteiger partial charge is 0.195 e. The van der Waals surface area contributed by atoms with Crippen LogP contribution in [0, 0.1) is 5.82 Å². The number of hydrogen-bond donors (Lipinski definition) is 2. The number of ether oxygens (including phenoxy) is 2. The molecule has 0 radical (unpaired) electrons. The minimum Gasteiger partial charge on any atom is -0.493 e. The van der Waals surface area contributed by atoms with Crippen LogP contribution >= 0.6 is 0 Å². The highest BCUT2D eigenvalue weighted by atomic mass is 19.1. The third kappa shape index (κ3) is 5.67. The fraction of sp³-hybridized carbons (Fsp3) is 0.316. The Morgan fingerprint density at radius 2 is 1.88 bits per heavy atom. The van der Waals surface area contributed by atoms with Gasteiger partial charge in [-0.2, -0.15) is 0 Å². The van der Waals surface area contributed by atoms with Crippen LogP contribution in [-0.2, 0) is 6.42 Å². The maximum absolute atomic E-state index is 12.9. The lowest BCUT2D eigenvalue weighted by atomic mass is 10.1. The van der Waals surface area contributed by atoms with Crippen LogP contribution in [0.2, 0.25) is 0 Å². The highest BCUT2D eigenvalue weighted by Crippen LogP contribution is 2.30. The van der Waals surface area contributed by atoms with E-state index in [1.54, 1.807) is 26.3 Å². The summed E-state index contributed by atoms with van der Waals surface area (Å²) < 4.78 is 23.8. The zero-order chi connectivity index (χ0) is 18.1. The van der Waals surface area contributed by atoms with Gasteiger partial charge in [-0.25, -0.2) is 4.39 Å². The standard InChI is InChI=1S/C19H24FN3O2/c1-4-25-17-10-9-16(13-18(17)24-3)23-19(21-2)22-12-11-14-5-7-15(20)8-6-14/h5-10,13H,4,11-12H2,1-3H3,(H2,21,22,23). The number of nitrogens with zero attached hydrogens (tertiary/aromatic N) is 1. The average Bonchev–Trinajstić information content (AvgIpc) is 2.63. The van der Waals surface area contributed by atoms with Crippen LogP contribution in [0.25, 0.3) is 0 Å². The molecule has 2 rings (SSSR count). The highest BCUT2D eigenvalue weighted by Gasteiger charge is 2.07. The lowest BCUT2D eigenvalue weighted by Crippen LogP contribution is -2.32. The third-order valence-electron chi connectivity index (χ3n) is 3.57. The number of rotatable bonds is 7. The fourth-order valence-corrected chi connectivity index (χ4v) is 2.31. The van der Waals surface area contributed by atoms with E-state index in [9.17, 15) is 4.39 Å². The van der Waals surface area contributed by atoms with Crippen LogP contribution in [0.3, 0.4) is 0 Å². The number of benzene rings is 2. The van der Waals surface area contributed by atoms with Crippen molar-refractivity contribution in [2.45, 2.75) is 13.3 Å². The highest BCUT2D eigenvalue weighted by molar-refractivity contribution is 5.93. The molecule has 2 N–H and O–H groups in total. The number of hydrogen-bond acceptors (Lipinski definition) is 3. The topological polar surface area (TPSA) is 54.9 Å².